The summed E-state index contributed by atoms with van der Waals surface area (Å²) in [6.45, 7) is 3.43. The molecule has 0 saturated heterocycles. The maximum atomic E-state index is 13.2. The van der Waals surface area contributed by atoms with Crippen molar-refractivity contribution in [3.8, 4) is 11.5 Å². The van der Waals surface area contributed by atoms with Gasteiger partial charge in [-0.2, -0.15) is 0 Å². The van der Waals surface area contributed by atoms with E-state index in [0.29, 0.717) is 11.3 Å². The average Bonchev–Trinajstić information content (AvgIpc) is 2.49. The molecule has 0 saturated carbocycles. The lowest BCUT2D eigenvalue weighted by Crippen LogP contribution is -2.39. The molecule has 0 aliphatic heterocycles. The minimum Gasteiger partial charge on any atom is -0.457 e. The van der Waals surface area contributed by atoms with Crippen molar-refractivity contribution in [2.24, 2.45) is 0 Å². The third-order valence-corrected chi connectivity index (χ3v) is 3.20. The summed E-state index contributed by atoms with van der Waals surface area (Å²) in [5.74, 6) is -1.63. The Balaban J connectivity index is 2.07. The number of aliphatic hydroxyl groups is 1. The fourth-order valence-electron chi connectivity index (χ4n) is 2.21. The highest BCUT2D eigenvalue weighted by Crippen LogP contribution is 2.23. The summed E-state index contributed by atoms with van der Waals surface area (Å²) in [5, 5.41) is 9.76. The zero-order valence-electron chi connectivity index (χ0n) is 13.7. The maximum absolute atomic E-state index is 13.2. The summed E-state index contributed by atoms with van der Waals surface area (Å²) in [5.41, 5.74) is -0.556. The fraction of sp³-hybridized carbons (Fsp3) is 0.278. The molecule has 0 aliphatic carbocycles. The molecule has 2 aromatic rings. The summed E-state index contributed by atoms with van der Waals surface area (Å²) >= 11 is 0. The number of carbonyl (C=O) groups excluding carboxylic acids is 1. The van der Waals surface area contributed by atoms with Gasteiger partial charge in [0.2, 0.25) is 0 Å². The van der Waals surface area contributed by atoms with E-state index in [1.54, 1.807) is 45.2 Å². The van der Waals surface area contributed by atoms with Crippen molar-refractivity contribution in [3.05, 3.63) is 59.7 Å². The predicted molar refractivity (Wildman–Crippen MR) is 86.1 cm³/mol. The van der Waals surface area contributed by atoms with E-state index in [4.69, 9.17) is 4.74 Å². The molecular weight excluding hydrogens is 316 g/mol. The molecule has 4 nitrogen and oxygen atoms in total. The van der Waals surface area contributed by atoms with Gasteiger partial charge in [-0.3, -0.25) is 4.79 Å². The third kappa shape index (κ3) is 4.76. The van der Waals surface area contributed by atoms with Gasteiger partial charge in [-0.25, -0.2) is 8.78 Å². The third-order valence-electron chi connectivity index (χ3n) is 3.20. The van der Waals surface area contributed by atoms with Gasteiger partial charge in [0.15, 0.2) is 11.6 Å². The first-order chi connectivity index (χ1) is 11.2. The predicted octanol–water partition coefficient (Wildman–Crippen LogP) is 3.60. The minimum atomic E-state index is -0.993. The van der Waals surface area contributed by atoms with Gasteiger partial charge in [-0.15, -0.1) is 0 Å². The summed E-state index contributed by atoms with van der Waals surface area (Å²) in [6.07, 6.45) is 0. The van der Waals surface area contributed by atoms with Gasteiger partial charge in [-0.1, -0.05) is 0 Å². The molecule has 1 N–H and O–H groups in total. The molecule has 0 aromatic heterocycles. The number of ether oxygens (including phenoxy) is 1. The van der Waals surface area contributed by atoms with Crippen molar-refractivity contribution in [1.82, 2.24) is 4.90 Å². The van der Waals surface area contributed by atoms with Crippen LogP contribution in [0.4, 0.5) is 8.78 Å². The number of rotatable bonds is 5. The Hall–Kier alpha value is -2.47. The largest absolute Gasteiger partial charge is 0.457 e. The second-order valence-corrected chi connectivity index (χ2v) is 6.18. The van der Waals surface area contributed by atoms with Gasteiger partial charge in [0, 0.05) is 25.2 Å². The van der Waals surface area contributed by atoms with Crippen molar-refractivity contribution >= 4 is 5.91 Å². The van der Waals surface area contributed by atoms with Crippen LogP contribution in [-0.2, 0) is 0 Å². The summed E-state index contributed by atoms with van der Waals surface area (Å²) in [6, 6.07) is 9.50. The molecule has 2 rings (SSSR count). The SMILES string of the molecule is CN(CC(C)(C)O)C(=O)c1ccc(Oc2ccc(F)c(F)c2)cc1. The Morgan fingerprint density at radius 3 is 2.21 bits per heavy atom. The number of likely N-dealkylation sites (N-methyl/N-ethyl adjacent to an activating group) is 1. The zero-order valence-corrected chi connectivity index (χ0v) is 13.7. The number of hydrogen-bond acceptors (Lipinski definition) is 3. The van der Waals surface area contributed by atoms with Crippen LogP contribution in [0, 0.1) is 11.6 Å². The highest BCUT2D eigenvalue weighted by molar-refractivity contribution is 5.94. The van der Waals surface area contributed by atoms with E-state index in [-0.39, 0.29) is 18.2 Å². The lowest BCUT2D eigenvalue weighted by Gasteiger charge is -2.25. The van der Waals surface area contributed by atoms with Crippen molar-refractivity contribution in [1.29, 1.82) is 0 Å². The lowest BCUT2D eigenvalue weighted by molar-refractivity contribution is 0.0368. The van der Waals surface area contributed by atoms with Gasteiger partial charge < -0.3 is 14.7 Å². The van der Waals surface area contributed by atoms with E-state index in [9.17, 15) is 18.7 Å². The van der Waals surface area contributed by atoms with E-state index in [1.165, 1.54) is 11.0 Å². The van der Waals surface area contributed by atoms with Crippen LogP contribution in [0.2, 0.25) is 0 Å². The fourth-order valence-corrected chi connectivity index (χ4v) is 2.21. The Bertz CT molecular complexity index is 724. The van der Waals surface area contributed by atoms with Crippen LogP contribution >= 0.6 is 0 Å². The summed E-state index contributed by atoms with van der Waals surface area (Å²) < 4.78 is 31.5. The zero-order chi connectivity index (χ0) is 17.9. The van der Waals surface area contributed by atoms with Gasteiger partial charge in [0.05, 0.1) is 5.60 Å². The molecule has 2 aromatic carbocycles. The molecule has 24 heavy (non-hydrogen) atoms. The van der Waals surface area contributed by atoms with Crippen molar-refractivity contribution in [2.75, 3.05) is 13.6 Å². The smallest absolute Gasteiger partial charge is 0.253 e. The van der Waals surface area contributed by atoms with E-state index >= 15 is 0 Å². The Morgan fingerprint density at radius 2 is 1.67 bits per heavy atom. The van der Waals surface area contributed by atoms with E-state index < -0.39 is 17.2 Å². The molecule has 0 spiro atoms. The second-order valence-electron chi connectivity index (χ2n) is 6.18. The van der Waals surface area contributed by atoms with Crippen molar-refractivity contribution in [3.63, 3.8) is 0 Å². The molecule has 1 amide bonds. The molecule has 0 unspecified atom stereocenters. The van der Waals surface area contributed by atoms with E-state index in [2.05, 4.69) is 0 Å². The number of halogens is 2. The first-order valence-corrected chi connectivity index (χ1v) is 7.36. The van der Waals surface area contributed by atoms with Gasteiger partial charge in [-0.05, 0) is 50.2 Å². The second kappa shape index (κ2) is 6.97. The number of hydrogen-bond donors (Lipinski definition) is 1. The van der Waals surface area contributed by atoms with Crippen LogP contribution in [0.3, 0.4) is 0 Å². The van der Waals surface area contributed by atoms with Crippen LogP contribution < -0.4 is 4.74 Å². The van der Waals surface area contributed by atoms with Crippen LogP contribution in [-0.4, -0.2) is 35.1 Å². The number of benzene rings is 2. The van der Waals surface area contributed by atoms with Gasteiger partial charge in [0.1, 0.15) is 11.5 Å². The molecule has 0 radical (unpaired) electrons. The first kappa shape index (κ1) is 17.9. The van der Waals surface area contributed by atoms with Crippen LogP contribution in [0.25, 0.3) is 0 Å². The van der Waals surface area contributed by atoms with Crippen molar-refractivity contribution in [2.45, 2.75) is 19.4 Å². The standard InChI is InChI=1S/C18H19F2NO3/c1-18(2,23)11-21(3)17(22)12-4-6-13(7-5-12)24-14-8-9-15(19)16(20)10-14/h4-10,23H,11H2,1-3H3. The molecule has 6 heteroatoms. The highest BCUT2D eigenvalue weighted by Gasteiger charge is 2.20. The van der Waals surface area contributed by atoms with Gasteiger partial charge >= 0.3 is 0 Å². The monoisotopic (exact) mass is 335 g/mol. The summed E-state index contributed by atoms with van der Waals surface area (Å²) in [7, 11) is 1.60. The van der Waals surface area contributed by atoms with Crippen LogP contribution in [0.5, 0.6) is 11.5 Å². The highest BCUT2D eigenvalue weighted by atomic mass is 19.2. The number of nitrogens with zero attached hydrogens (tertiary/aromatic N) is 1. The van der Waals surface area contributed by atoms with Crippen molar-refractivity contribution < 1.29 is 23.4 Å². The van der Waals surface area contributed by atoms with Crippen LogP contribution in [0.15, 0.2) is 42.5 Å². The molecule has 0 atom stereocenters. The summed E-state index contributed by atoms with van der Waals surface area (Å²) in [4.78, 5) is 13.7. The maximum Gasteiger partial charge on any atom is 0.253 e. The average molecular weight is 335 g/mol. The molecular formula is C18H19F2NO3. The number of carbonyl (C=O) groups is 1. The molecule has 0 aliphatic rings. The Morgan fingerprint density at radius 1 is 1.08 bits per heavy atom. The first-order valence-electron chi connectivity index (χ1n) is 7.36. The van der Waals surface area contributed by atoms with Gasteiger partial charge in [0.25, 0.3) is 5.91 Å². The molecule has 128 valence electrons. The quantitative estimate of drug-likeness (QED) is 0.908. The van der Waals surface area contributed by atoms with E-state index in [0.717, 1.165) is 12.1 Å². The molecule has 0 bridgehead atoms. The molecule has 0 fully saturated rings. The minimum absolute atomic E-state index is 0.159. The molecule has 0 heterocycles. The normalized spacial score (nSPS) is 11.2. The van der Waals surface area contributed by atoms with E-state index in [1.807, 2.05) is 0 Å². The Kier molecular flexibility index (Phi) is 5.19. The number of amides is 1. The topological polar surface area (TPSA) is 49.8 Å². The Labute approximate surface area is 139 Å². The lowest BCUT2D eigenvalue weighted by atomic mass is 10.1. The van der Waals surface area contributed by atoms with Crippen LogP contribution in [0.1, 0.15) is 24.2 Å².